The van der Waals surface area contributed by atoms with Gasteiger partial charge in [-0.1, -0.05) is 18.7 Å². The first kappa shape index (κ1) is 9.52. The Bertz CT molecular complexity index is 340. The van der Waals surface area contributed by atoms with Crippen molar-refractivity contribution in [2.24, 2.45) is 0 Å². The smallest absolute Gasteiger partial charge is 0.154 e. The lowest BCUT2D eigenvalue weighted by atomic mass is 10.0. The molecule has 0 saturated carbocycles. The molecule has 2 heteroatoms. The second-order valence-corrected chi connectivity index (χ2v) is 2.79. The van der Waals surface area contributed by atoms with Crippen LogP contribution in [0, 0.1) is 6.92 Å². The van der Waals surface area contributed by atoms with Gasteiger partial charge in [-0.2, -0.15) is 0 Å². The van der Waals surface area contributed by atoms with Gasteiger partial charge in [0.05, 0.1) is 12.7 Å². The fourth-order valence-corrected chi connectivity index (χ4v) is 1.26. The molecule has 0 heterocycles. The first-order valence-electron chi connectivity index (χ1n) is 3.99. The summed E-state index contributed by atoms with van der Waals surface area (Å²) < 4.78 is 5.08. The van der Waals surface area contributed by atoms with Crippen molar-refractivity contribution < 1.29 is 9.53 Å². The monoisotopic (exact) mass is 176 g/mol. The molecule has 0 aliphatic carbocycles. The van der Waals surface area contributed by atoms with Crippen LogP contribution >= 0.6 is 0 Å². The van der Waals surface area contributed by atoms with Gasteiger partial charge in [0.15, 0.2) is 6.29 Å². The highest BCUT2D eigenvalue weighted by atomic mass is 16.5. The highest BCUT2D eigenvalue weighted by Gasteiger charge is 2.06. The zero-order chi connectivity index (χ0) is 9.84. The Hall–Kier alpha value is -1.57. The average molecular weight is 176 g/mol. The molecule has 0 aliphatic heterocycles. The fraction of sp³-hybridized carbons (Fsp3) is 0.182. The van der Waals surface area contributed by atoms with E-state index in [1.54, 1.807) is 13.2 Å². The molecule has 0 N–H and O–H groups in total. The third-order valence-corrected chi connectivity index (χ3v) is 1.88. The largest absolute Gasteiger partial charge is 0.496 e. The van der Waals surface area contributed by atoms with Crippen LogP contribution in [-0.4, -0.2) is 13.4 Å². The molecule has 1 aromatic carbocycles. The molecule has 68 valence electrons. The number of ether oxygens (including phenoxy) is 1. The van der Waals surface area contributed by atoms with E-state index in [0.717, 1.165) is 17.4 Å². The highest BCUT2D eigenvalue weighted by molar-refractivity contribution is 5.85. The van der Waals surface area contributed by atoms with Crippen LogP contribution in [0.3, 0.4) is 0 Å². The predicted molar refractivity (Wildman–Crippen MR) is 53.2 cm³/mol. The Morgan fingerprint density at radius 3 is 2.62 bits per heavy atom. The van der Waals surface area contributed by atoms with E-state index in [1.165, 1.54) is 0 Å². The molecular formula is C11H12O2. The molecule has 0 fully saturated rings. The van der Waals surface area contributed by atoms with Gasteiger partial charge in [0.1, 0.15) is 5.75 Å². The van der Waals surface area contributed by atoms with Crippen LogP contribution < -0.4 is 4.74 Å². The lowest BCUT2D eigenvalue weighted by Crippen LogP contribution is -1.94. The summed E-state index contributed by atoms with van der Waals surface area (Å²) in [6.07, 6.45) is 2.44. The number of aryl methyl sites for hydroxylation is 1. The van der Waals surface area contributed by atoms with E-state index in [-0.39, 0.29) is 0 Å². The topological polar surface area (TPSA) is 26.3 Å². The van der Waals surface area contributed by atoms with Crippen LogP contribution in [0.5, 0.6) is 5.75 Å². The molecule has 2 nitrogen and oxygen atoms in total. The van der Waals surface area contributed by atoms with E-state index in [1.807, 2.05) is 19.1 Å². The highest BCUT2D eigenvalue weighted by Crippen LogP contribution is 2.23. The number of hydrogen-bond acceptors (Lipinski definition) is 2. The van der Waals surface area contributed by atoms with Gasteiger partial charge in [0, 0.05) is 0 Å². The minimum atomic E-state index is 0.558. The summed E-state index contributed by atoms with van der Waals surface area (Å²) in [7, 11) is 1.55. The molecule has 0 spiro atoms. The Morgan fingerprint density at radius 1 is 1.46 bits per heavy atom. The maximum atomic E-state index is 10.7. The molecule has 0 saturated heterocycles. The predicted octanol–water partition coefficient (Wildman–Crippen LogP) is 2.46. The molecule has 0 aliphatic rings. The van der Waals surface area contributed by atoms with Crippen molar-refractivity contribution >= 4 is 12.4 Å². The molecule has 0 radical (unpaired) electrons. The van der Waals surface area contributed by atoms with E-state index >= 15 is 0 Å². The van der Waals surface area contributed by atoms with E-state index in [0.29, 0.717) is 11.3 Å². The van der Waals surface area contributed by atoms with Crippen LogP contribution in [0.15, 0.2) is 18.7 Å². The lowest BCUT2D eigenvalue weighted by molar-refractivity contribution is 0.112. The van der Waals surface area contributed by atoms with Crippen molar-refractivity contribution in [2.45, 2.75) is 6.92 Å². The third-order valence-electron chi connectivity index (χ3n) is 1.88. The van der Waals surface area contributed by atoms with Crippen LogP contribution in [0.4, 0.5) is 0 Å². The van der Waals surface area contributed by atoms with Gasteiger partial charge in [-0.25, -0.2) is 0 Å². The minimum Gasteiger partial charge on any atom is -0.496 e. The number of hydrogen-bond donors (Lipinski definition) is 0. The van der Waals surface area contributed by atoms with Crippen molar-refractivity contribution in [3.8, 4) is 5.75 Å². The Balaban J connectivity index is 3.41. The summed E-state index contributed by atoms with van der Waals surface area (Å²) in [5.74, 6) is 0.602. The zero-order valence-corrected chi connectivity index (χ0v) is 7.83. The Kier molecular flexibility index (Phi) is 2.85. The molecule has 0 amide bonds. The Labute approximate surface area is 77.8 Å². The first-order chi connectivity index (χ1) is 6.22. The van der Waals surface area contributed by atoms with Crippen molar-refractivity contribution in [1.82, 2.24) is 0 Å². The lowest BCUT2D eigenvalue weighted by Gasteiger charge is -2.07. The molecule has 1 aromatic rings. The molecule has 1 rings (SSSR count). The summed E-state index contributed by atoms with van der Waals surface area (Å²) >= 11 is 0. The number of methoxy groups -OCH3 is 1. The second-order valence-electron chi connectivity index (χ2n) is 2.79. The number of aldehydes is 1. The molecule has 0 bridgehead atoms. The van der Waals surface area contributed by atoms with Gasteiger partial charge < -0.3 is 4.74 Å². The van der Waals surface area contributed by atoms with Crippen LogP contribution in [0.25, 0.3) is 6.08 Å². The number of benzene rings is 1. The molecule has 0 aromatic heterocycles. The maximum absolute atomic E-state index is 10.7. The third kappa shape index (κ3) is 1.78. The van der Waals surface area contributed by atoms with Gasteiger partial charge in [-0.05, 0) is 24.1 Å². The average Bonchev–Trinajstić information content (AvgIpc) is 2.16. The molecule has 0 unspecified atom stereocenters. The van der Waals surface area contributed by atoms with Crippen molar-refractivity contribution in [1.29, 1.82) is 0 Å². The quantitative estimate of drug-likeness (QED) is 0.661. The molecular weight excluding hydrogens is 164 g/mol. The standard InChI is InChI=1S/C11H12O2/c1-4-9-5-8(2)6-11(13-3)10(9)7-12/h4-7H,1H2,2-3H3. The summed E-state index contributed by atoms with van der Waals surface area (Å²) in [5, 5.41) is 0. The van der Waals surface area contributed by atoms with E-state index in [2.05, 4.69) is 6.58 Å². The summed E-state index contributed by atoms with van der Waals surface area (Å²) in [6.45, 7) is 5.59. The maximum Gasteiger partial charge on any atom is 0.154 e. The van der Waals surface area contributed by atoms with Crippen molar-refractivity contribution in [3.05, 3.63) is 35.4 Å². The SMILES string of the molecule is C=Cc1cc(C)cc(OC)c1C=O. The van der Waals surface area contributed by atoms with Crippen LogP contribution in [-0.2, 0) is 0 Å². The van der Waals surface area contributed by atoms with E-state index < -0.39 is 0 Å². The van der Waals surface area contributed by atoms with Crippen LogP contribution in [0.1, 0.15) is 21.5 Å². The van der Waals surface area contributed by atoms with Crippen molar-refractivity contribution in [2.75, 3.05) is 7.11 Å². The van der Waals surface area contributed by atoms with E-state index in [9.17, 15) is 4.79 Å². The van der Waals surface area contributed by atoms with Crippen molar-refractivity contribution in [3.63, 3.8) is 0 Å². The minimum absolute atomic E-state index is 0.558. The Morgan fingerprint density at radius 2 is 2.15 bits per heavy atom. The summed E-state index contributed by atoms with van der Waals surface area (Å²) in [4.78, 5) is 10.7. The molecule has 13 heavy (non-hydrogen) atoms. The van der Waals surface area contributed by atoms with Gasteiger partial charge in [0.2, 0.25) is 0 Å². The number of carbonyl (C=O) groups is 1. The number of carbonyl (C=O) groups excluding carboxylic acids is 1. The normalized spacial score (nSPS) is 9.38. The fourth-order valence-electron chi connectivity index (χ4n) is 1.26. The number of rotatable bonds is 3. The first-order valence-corrected chi connectivity index (χ1v) is 3.99. The van der Waals surface area contributed by atoms with Gasteiger partial charge in [-0.3, -0.25) is 4.79 Å². The van der Waals surface area contributed by atoms with Gasteiger partial charge in [0.25, 0.3) is 0 Å². The van der Waals surface area contributed by atoms with E-state index in [4.69, 9.17) is 4.74 Å². The zero-order valence-electron chi connectivity index (χ0n) is 7.83. The second kappa shape index (κ2) is 3.90. The van der Waals surface area contributed by atoms with Gasteiger partial charge in [-0.15, -0.1) is 0 Å². The molecule has 0 atom stereocenters. The van der Waals surface area contributed by atoms with Crippen LogP contribution in [0.2, 0.25) is 0 Å². The summed E-state index contributed by atoms with van der Waals surface area (Å²) in [5.41, 5.74) is 2.42. The van der Waals surface area contributed by atoms with Gasteiger partial charge >= 0.3 is 0 Å². The summed E-state index contributed by atoms with van der Waals surface area (Å²) in [6, 6.07) is 3.73.